The highest BCUT2D eigenvalue weighted by atomic mass is 32.2. The van der Waals surface area contributed by atoms with E-state index >= 15 is 4.39 Å². The van der Waals surface area contributed by atoms with E-state index in [0.29, 0.717) is 18.4 Å². The summed E-state index contributed by atoms with van der Waals surface area (Å²) in [6, 6.07) is 4.04. The number of thioether (sulfide) groups is 1. The van der Waals surface area contributed by atoms with Crippen LogP contribution in [-0.4, -0.2) is 53.7 Å². The van der Waals surface area contributed by atoms with Gasteiger partial charge in [0.15, 0.2) is 5.17 Å². The van der Waals surface area contributed by atoms with Gasteiger partial charge in [0, 0.05) is 17.5 Å². The van der Waals surface area contributed by atoms with Gasteiger partial charge in [0.2, 0.25) is 0 Å². The lowest BCUT2D eigenvalue weighted by Gasteiger charge is -2.49. The van der Waals surface area contributed by atoms with Gasteiger partial charge in [0.1, 0.15) is 23.6 Å². The Kier molecular flexibility index (Phi) is 6.88. The number of amides is 1. The van der Waals surface area contributed by atoms with Gasteiger partial charge in [-0.05, 0) is 58.2 Å². The molecule has 1 spiro atoms. The second kappa shape index (κ2) is 9.13. The van der Waals surface area contributed by atoms with Gasteiger partial charge in [0.05, 0.1) is 24.0 Å². The van der Waals surface area contributed by atoms with E-state index in [4.69, 9.17) is 14.5 Å². The van der Waals surface area contributed by atoms with Crippen molar-refractivity contribution in [3.8, 4) is 0 Å². The number of carbonyl (C=O) groups is 1. The third-order valence-electron chi connectivity index (χ3n) is 6.88. The average Bonchev–Trinajstić information content (AvgIpc) is 3.38. The molecule has 200 valence electrons. The fourth-order valence-corrected chi connectivity index (χ4v) is 6.92. The van der Waals surface area contributed by atoms with E-state index in [1.807, 2.05) is 6.92 Å². The molecule has 1 aliphatic carbocycles. The molecule has 6 nitrogen and oxygen atoms in total. The van der Waals surface area contributed by atoms with E-state index in [9.17, 15) is 22.4 Å². The van der Waals surface area contributed by atoms with Crippen LogP contribution in [0.2, 0.25) is 0 Å². The molecule has 2 fully saturated rings. The molecule has 0 bridgehead atoms. The Balaban J connectivity index is 1.75. The summed E-state index contributed by atoms with van der Waals surface area (Å²) in [5, 5.41) is 4.98. The SMILES string of the molecule is C[C@H]1C[C@@]23CC2(CF)SC(NC(=O)OC(C)(C)C)=N[C@@]3(c2cc(CNCC(F)(F)F)ccc2F)CO1. The predicted molar refractivity (Wildman–Crippen MR) is 126 cm³/mol. The zero-order valence-corrected chi connectivity index (χ0v) is 21.3. The Hall–Kier alpha value is -1.92. The maximum Gasteiger partial charge on any atom is 0.413 e. The minimum atomic E-state index is -4.39. The first-order chi connectivity index (χ1) is 16.6. The number of nitrogens with zero attached hydrogens (tertiary/aromatic N) is 1. The topological polar surface area (TPSA) is 72.0 Å². The van der Waals surface area contributed by atoms with Crippen molar-refractivity contribution in [3.63, 3.8) is 0 Å². The number of aliphatic imine (C=N–C) groups is 1. The van der Waals surface area contributed by atoms with Gasteiger partial charge in [-0.25, -0.2) is 18.6 Å². The molecule has 2 heterocycles. The molecule has 36 heavy (non-hydrogen) atoms. The second-order valence-electron chi connectivity index (χ2n) is 10.8. The van der Waals surface area contributed by atoms with Crippen molar-refractivity contribution < 1.29 is 36.2 Å². The Bertz CT molecular complexity index is 1060. The number of halogens is 5. The fraction of sp³-hybridized carbons (Fsp3) is 0.667. The van der Waals surface area contributed by atoms with Gasteiger partial charge in [-0.15, -0.1) is 0 Å². The summed E-state index contributed by atoms with van der Waals surface area (Å²) in [5.41, 5.74) is -2.41. The second-order valence-corrected chi connectivity index (χ2v) is 12.1. The number of hydrogen-bond acceptors (Lipinski definition) is 6. The van der Waals surface area contributed by atoms with Crippen molar-refractivity contribution in [3.05, 3.63) is 35.1 Å². The lowest BCUT2D eigenvalue weighted by molar-refractivity contribution is -0.125. The minimum absolute atomic E-state index is 0.0632. The third-order valence-corrected chi connectivity index (χ3v) is 8.30. The normalized spacial score (nSPS) is 31.7. The summed E-state index contributed by atoms with van der Waals surface area (Å²) in [6.07, 6.45) is -4.58. The van der Waals surface area contributed by atoms with Gasteiger partial charge in [-0.1, -0.05) is 17.8 Å². The minimum Gasteiger partial charge on any atom is -0.444 e. The molecule has 0 radical (unpaired) electrons. The molecule has 1 saturated heterocycles. The standard InChI is InChI=1S/C24H30F5N3O3S/c1-14-8-21-10-22(21,11-25)36-18(31-19(33)35-20(2,3)4)32-23(21,13-34-14)16-7-15(5-6-17(16)26)9-30-12-24(27,28)29/h5-7,14,30H,8-13H2,1-4H3,(H,31,32,33)/t14-,21+,22?,23+/m0/s1. The van der Waals surface area contributed by atoms with Gasteiger partial charge < -0.3 is 14.8 Å². The third kappa shape index (κ3) is 4.96. The Morgan fingerprint density at radius 1 is 1.31 bits per heavy atom. The van der Waals surface area contributed by atoms with Crippen LogP contribution in [0.3, 0.4) is 0 Å². The smallest absolute Gasteiger partial charge is 0.413 e. The zero-order chi connectivity index (χ0) is 26.6. The van der Waals surface area contributed by atoms with E-state index in [-0.39, 0.29) is 30.0 Å². The summed E-state index contributed by atoms with van der Waals surface area (Å²) in [5.74, 6) is -0.626. The van der Waals surface area contributed by atoms with Crippen molar-refractivity contribution in [1.29, 1.82) is 0 Å². The first kappa shape index (κ1) is 27.1. The highest BCUT2D eigenvalue weighted by Gasteiger charge is 2.81. The number of amidine groups is 1. The molecule has 1 saturated carbocycles. The lowest BCUT2D eigenvalue weighted by Crippen LogP contribution is -2.55. The molecule has 4 rings (SSSR count). The van der Waals surface area contributed by atoms with E-state index in [2.05, 4.69) is 10.6 Å². The molecule has 4 atom stereocenters. The molecule has 1 aromatic rings. The number of alkyl halides is 4. The quantitative estimate of drug-likeness (QED) is 0.507. The Morgan fingerprint density at radius 2 is 2.03 bits per heavy atom. The summed E-state index contributed by atoms with van der Waals surface area (Å²) >= 11 is 1.11. The Morgan fingerprint density at radius 3 is 2.67 bits per heavy atom. The highest BCUT2D eigenvalue weighted by molar-refractivity contribution is 8.15. The number of carbonyl (C=O) groups excluding carboxylic acids is 1. The van der Waals surface area contributed by atoms with Crippen LogP contribution in [0.1, 0.15) is 51.7 Å². The average molecular weight is 536 g/mol. The van der Waals surface area contributed by atoms with E-state index in [1.165, 1.54) is 18.2 Å². The molecule has 0 aromatic heterocycles. The van der Waals surface area contributed by atoms with Crippen molar-refractivity contribution in [2.75, 3.05) is 19.8 Å². The maximum atomic E-state index is 15.4. The van der Waals surface area contributed by atoms with Crippen LogP contribution in [-0.2, 0) is 21.6 Å². The molecule has 3 aliphatic rings. The first-order valence-electron chi connectivity index (χ1n) is 11.7. The molecule has 1 unspecified atom stereocenters. The van der Waals surface area contributed by atoms with Crippen molar-refractivity contribution >= 4 is 23.0 Å². The highest BCUT2D eigenvalue weighted by Crippen LogP contribution is 2.78. The predicted octanol–water partition coefficient (Wildman–Crippen LogP) is 5.21. The zero-order valence-electron chi connectivity index (χ0n) is 20.5. The van der Waals surface area contributed by atoms with Crippen LogP contribution in [0, 0.1) is 11.2 Å². The number of hydrogen-bond donors (Lipinski definition) is 2. The van der Waals surface area contributed by atoms with Crippen LogP contribution >= 0.6 is 11.8 Å². The van der Waals surface area contributed by atoms with Crippen LogP contribution in [0.15, 0.2) is 23.2 Å². The molecule has 12 heteroatoms. The Labute approximate surface area is 210 Å². The van der Waals surface area contributed by atoms with Crippen LogP contribution < -0.4 is 10.6 Å². The number of ether oxygens (including phenoxy) is 2. The summed E-state index contributed by atoms with van der Waals surface area (Å²) in [4.78, 5) is 17.3. The summed E-state index contributed by atoms with van der Waals surface area (Å²) in [7, 11) is 0. The van der Waals surface area contributed by atoms with Gasteiger partial charge >= 0.3 is 12.3 Å². The molecular formula is C24H30F5N3O3S. The van der Waals surface area contributed by atoms with Crippen molar-refractivity contribution in [2.45, 2.75) is 75.2 Å². The van der Waals surface area contributed by atoms with E-state index in [1.54, 1.807) is 20.8 Å². The van der Waals surface area contributed by atoms with E-state index < -0.39 is 52.6 Å². The van der Waals surface area contributed by atoms with Crippen LogP contribution in [0.25, 0.3) is 0 Å². The molecule has 1 amide bonds. The van der Waals surface area contributed by atoms with Gasteiger partial charge in [-0.3, -0.25) is 5.32 Å². The summed E-state index contributed by atoms with van der Waals surface area (Å²) in [6.45, 7) is 4.81. The number of benzene rings is 1. The number of rotatable bonds is 5. The van der Waals surface area contributed by atoms with Crippen LogP contribution in [0.4, 0.5) is 26.7 Å². The van der Waals surface area contributed by atoms with Gasteiger partial charge in [-0.2, -0.15) is 13.2 Å². The molecule has 2 N–H and O–H groups in total. The fourth-order valence-electron chi connectivity index (χ4n) is 5.39. The van der Waals surface area contributed by atoms with E-state index in [0.717, 1.165) is 11.8 Å². The largest absolute Gasteiger partial charge is 0.444 e. The molecule has 1 aromatic carbocycles. The first-order valence-corrected chi connectivity index (χ1v) is 12.5. The van der Waals surface area contributed by atoms with Crippen molar-refractivity contribution in [1.82, 2.24) is 10.6 Å². The summed E-state index contributed by atoms with van der Waals surface area (Å²) < 4.78 is 78.2. The van der Waals surface area contributed by atoms with Crippen LogP contribution in [0.5, 0.6) is 0 Å². The lowest BCUT2D eigenvalue weighted by atomic mass is 9.69. The van der Waals surface area contributed by atoms with Gasteiger partial charge in [0.25, 0.3) is 0 Å². The maximum absolute atomic E-state index is 15.4. The monoisotopic (exact) mass is 535 g/mol. The molecule has 2 aliphatic heterocycles. The number of nitrogens with one attached hydrogen (secondary N) is 2. The number of alkyl carbamates (subject to hydrolysis) is 1. The van der Waals surface area contributed by atoms with Crippen molar-refractivity contribution in [2.24, 2.45) is 10.4 Å². The molecular weight excluding hydrogens is 505 g/mol.